The van der Waals surface area contributed by atoms with Gasteiger partial charge in [0.15, 0.2) is 0 Å². The SMILES string of the molecule is O=C(NC1CCc2cc(Cl)ccc21)C1CCCCN1S(=O)(=O)c1ccccc1. The molecule has 2 aliphatic rings. The third-order valence-corrected chi connectivity index (χ3v) is 7.76. The Morgan fingerprint density at radius 3 is 2.64 bits per heavy atom. The summed E-state index contributed by atoms with van der Waals surface area (Å²) in [6, 6.07) is 13.3. The van der Waals surface area contributed by atoms with Crippen molar-refractivity contribution in [3.05, 3.63) is 64.7 Å². The molecule has 1 amide bonds. The van der Waals surface area contributed by atoms with E-state index in [1.165, 1.54) is 4.31 Å². The van der Waals surface area contributed by atoms with Crippen LogP contribution in [0.3, 0.4) is 0 Å². The fourth-order valence-electron chi connectivity index (χ4n) is 4.19. The highest BCUT2D eigenvalue weighted by atomic mass is 35.5. The van der Waals surface area contributed by atoms with Crippen LogP contribution >= 0.6 is 11.6 Å². The van der Waals surface area contributed by atoms with E-state index in [0.717, 1.165) is 36.8 Å². The van der Waals surface area contributed by atoms with Crippen molar-refractivity contribution in [1.29, 1.82) is 0 Å². The number of carbonyl (C=O) groups is 1. The summed E-state index contributed by atoms with van der Waals surface area (Å²) in [4.78, 5) is 13.3. The van der Waals surface area contributed by atoms with Crippen molar-refractivity contribution in [1.82, 2.24) is 9.62 Å². The number of rotatable bonds is 4. The molecule has 148 valence electrons. The van der Waals surface area contributed by atoms with Crippen LogP contribution in [0.25, 0.3) is 0 Å². The Kier molecular flexibility index (Phi) is 5.45. The summed E-state index contributed by atoms with van der Waals surface area (Å²) in [5.41, 5.74) is 2.22. The van der Waals surface area contributed by atoms with Crippen LogP contribution in [0.4, 0.5) is 0 Å². The summed E-state index contributed by atoms with van der Waals surface area (Å²) in [5, 5.41) is 3.78. The molecule has 1 aliphatic heterocycles. The minimum atomic E-state index is -3.70. The molecule has 7 heteroatoms. The smallest absolute Gasteiger partial charge is 0.243 e. The quantitative estimate of drug-likeness (QED) is 0.823. The van der Waals surface area contributed by atoms with Gasteiger partial charge in [0.2, 0.25) is 15.9 Å². The molecular formula is C21H23ClN2O3S. The molecule has 0 spiro atoms. The Balaban J connectivity index is 1.55. The number of piperidine rings is 1. The molecule has 28 heavy (non-hydrogen) atoms. The van der Waals surface area contributed by atoms with Gasteiger partial charge in [0.05, 0.1) is 10.9 Å². The monoisotopic (exact) mass is 418 g/mol. The van der Waals surface area contributed by atoms with E-state index in [4.69, 9.17) is 11.6 Å². The van der Waals surface area contributed by atoms with E-state index in [9.17, 15) is 13.2 Å². The molecule has 2 atom stereocenters. The first-order chi connectivity index (χ1) is 13.5. The van der Waals surface area contributed by atoms with E-state index < -0.39 is 16.1 Å². The van der Waals surface area contributed by atoms with Gasteiger partial charge in [-0.05, 0) is 61.1 Å². The summed E-state index contributed by atoms with van der Waals surface area (Å²) in [5.74, 6) is -0.216. The summed E-state index contributed by atoms with van der Waals surface area (Å²) in [7, 11) is -3.70. The number of aryl methyl sites for hydroxylation is 1. The van der Waals surface area contributed by atoms with Gasteiger partial charge in [0, 0.05) is 11.6 Å². The second kappa shape index (κ2) is 7.85. The first-order valence-electron chi connectivity index (χ1n) is 9.62. The fraction of sp³-hybridized carbons (Fsp3) is 0.381. The molecule has 1 saturated heterocycles. The Hall–Kier alpha value is -1.89. The van der Waals surface area contributed by atoms with Crippen molar-refractivity contribution in [2.45, 2.75) is 49.1 Å². The second-order valence-electron chi connectivity index (χ2n) is 7.38. The van der Waals surface area contributed by atoms with Gasteiger partial charge in [-0.3, -0.25) is 4.79 Å². The number of hydrogen-bond donors (Lipinski definition) is 1. The van der Waals surface area contributed by atoms with Gasteiger partial charge in [0.25, 0.3) is 0 Å². The molecule has 1 fully saturated rings. The molecule has 0 bridgehead atoms. The zero-order chi connectivity index (χ0) is 19.7. The molecular weight excluding hydrogens is 396 g/mol. The molecule has 0 aromatic heterocycles. The van der Waals surface area contributed by atoms with Crippen molar-refractivity contribution in [3.8, 4) is 0 Å². The Labute approximate surface area is 170 Å². The van der Waals surface area contributed by atoms with Crippen molar-refractivity contribution >= 4 is 27.5 Å². The summed E-state index contributed by atoms with van der Waals surface area (Å²) in [6.07, 6.45) is 3.81. The molecule has 4 rings (SSSR count). The number of benzene rings is 2. The normalized spacial score (nSPS) is 22.6. The van der Waals surface area contributed by atoms with Gasteiger partial charge >= 0.3 is 0 Å². The topological polar surface area (TPSA) is 66.5 Å². The Morgan fingerprint density at radius 1 is 1.07 bits per heavy atom. The van der Waals surface area contributed by atoms with Gasteiger partial charge in [-0.1, -0.05) is 42.3 Å². The first-order valence-corrected chi connectivity index (χ1v) is 11.4. The van der Waals surface area contributed by atoms with Gasteiger partial charge in [-0.2, -0.15) is 4.31 Å². The summed E-state index contributed by atoms with van der Waals surface area (Å²) in [6.45, 7) is 0.367. The maximum Gasteiger partial charge on any atom is 0.243 e. The Morgan fingerprint density at radius 2 is 1.86 bits per heavy atom. The molecule has 2 aromatic carbocycles. The fourth-order valence-corrected chi connectivity index (χ4v) is 6.06. The van der Waals surface area contributed by atoms with E-state index in [1.54, 1.807) is 30.3 Å². The van der Waals surface area contributed by atoms with Crippen LogP contribution in [0.1, 0.15) is 42.9 Å². The van der Waals surface area contributed by atoms with Crippen LogP contribution in [-0.2, 0) is 21.2 Å². The predicted molar refractivity (Wildman–Crippen MR) is 109 cm³/mol. The molecule has 0 radical (unpaired) electrons. The molecule has 1 heterocycles. The third kappa shape index (κ3) is 3.69. The zero-order valence-electron chi connectivity index (χ0n) is 15.5. The lowest BCUT2D eigenvalue weighted by Crippen LogP contribution is -2.52. The maximum atomic E-state index is 13.1. The average Bonchev–Trinajstić information content (AvgIpc) is 3.10. The lowest BCUT2D eigenvalue weighted by molar-refractivity contribution is -0.126. The first kappa shape index (κ1) is 19.4. The highest BCUT2D eigenvalue weighted by molar-refractivity contribution is 7.89. The van der Waals surface area contributed by atoms with Crippen LogP contribution in [0.2, 0.25) is 5.02 Å². The summed E-state index contributed by atoms with van der Waals surface area (Å²) >= 11 is 6.07. The number of nitrogens with zero attached hydrogens (tertiary/aromatic N) is 1. The van der Waals surface area contributed by atoms with Gasteiger partial charge < -0.3 is 5.32 Å². The lowest BCUT2D eigenvalue weighted by atomic mass is 10.0. The third-order valence-electron chi connectivity index (χ3n) is 5.61. The number of hydrogen-bond acceptors (Lipinski definition) is 3. The van der Waals surface area contributed by atoms with Crippen molar-refractivity contribution in [2.75, 3.05) is 6.54 Å². The predicted octanol–water partition coefficient (Wildman–Crippen LogP) is 3.69. The van der Waals surface area contributed by atoms with Crippen molar-refractivity contribution in [2.24, 2.45) is 0 Å². The Bertz CT molecular complexity index is 978. The highest BCUT2D eigenvalue weighted by Gasteiger charge is 2.38. The van der Waals surface area contributed by atoms with E-state index >= 15 is 0 Å². The molecule has 5 nitrogen and oxygen atoms in total. The molecule has 1 aliphatic carbocycles. The van der Waals surface area contributed by atoms with Crippen LogP contribution in [0, 0.1) is 0 Å². The maximum absolute atomic E-state index is 13.1. The van der Waals surface area contributed by atoms with Crippen molar-refractivity contribution in [3.63, 3.8) is 0 Å². The van der Waals surface area contributed by atoms with Crippen molar-refractivity contribution < 1.29 is 13.2 Å². The number of amides is 1. The van der Waals surface area contributed by atoms with Crippen LogP contribution in [-0.4, -0.2) is 31.2 Å². The minimum Gasteiger partial charge on any atom is -0.348 e. The van der Waals surface area contributed by atoms with Crippen LogP contribution in [0.15, 0.2) is 53.4 Å². The van der Waals surface area contributed by atoms with Crippen LogP contribution < -0.4 is 5.32 Å². The van der Waals surface area contributed by atoms with Gasteiger partial charge in [-0.25, -0.2) is 8.42 Å². The van der Waals surface area contributed by atoms with E-state index in [2.05, 4.69) is 5.32 Å². The van der Waals surface area contributed by atoms with E-state index in [-0.39, 0.29) is 16.8 Å². The largest absolute Gasteiger partial charge is 0.348 e. The molecule has 1 N–H and O–H groups in total. The average molecular weight is 419 g/mol. The van der Waals surface area contributed by atoms with Gasteiger partial charge in [-0.15, -0.1) is 0 Å². The van der Waals surface area contributed by atoms with Crippen LogP contribution in [0.5, 0.6) is 0 Å². The summed E-state index contributed by atoms with van der Waals surface area (Å²) < 4.78 is 27.6. The number of nitrogens with one attached hydrogen (secondary N) is 1. The molecule has 2 aromatic rings. The minimum absolute atomic E-state index is 0.0945. The number of sulfonamides is 1. The van der Waals surface area contributed by atoms with Gasteiger partial charge in [0.1, 0.15) is 6.04 Å². The zero-order valence-corrected chi connectivity index (χ0v) is 17.0. The highest BCUT2D eigenvalue weighted by Crippen LogP contribution is 2.33. The molecule has 0 saturated carbocycles. The number of fused-ring (bicyclic) bond motifs is 1. The number of carbonyl (C=O) groups excluding carboxylic acids is 1. The van der Waals surface area contributed by atoms with E-state index in [1.807, 2.05) is 18.2 Å². The molecule has 2 unspecified atom stereocenters. The second-order valence-corrected chi connectivity index (χ2v) is 9.71. The standard InChI is InChI=1S/C21H23ClN2O3S/c22-16-10-11-18-15(14-16)9-12-19(18)23-21(25)20-8-4-5-13-24(20)28(26,27)17-6-2-1-3-7-17/h1-3,6-7,10-11,14,19-20H,4-5,8-9,12-13H2,(H,23,25). The van der Waals surface area contributed by atoms with E-state index in [0.29, 0.717) is 18.0 Å². The number of halogens is 1. The lowest BCUT2D eigenvalue weighted by Gasteiger charge is -2.34.